The molecule has 2 N–H and O–H groups in total. The number of carbonyl (C=O) groups is 2. The zero-order valence-corrected chi connectivity index (χ0v) is 10.3. The van der Waals surface area contributed by atoms with Crippen LogP contribution in [0.15, 0.2) is 0 Å². The molecule has 1 fully saturated rings. The van der Waals surface area contributed by atoms with Gasteiger partial charge in [0.1, 0.15) is 0 Å². The van der Waals surface area contributed by atoms with Crippen LogP contribution in [-0.4, -0.2) is 64.8 Å². The topological polar surface area (TPSA) is 81.1 Å². The molecule has 6 nitrogen and oxygen atoms in total. The van der Waals surface area contributed by atoms with E-state index in [0.717, 1.165) is 0 Å². The number of nitrogens with zero attached hydrogens (tertiary/aromatic N) is 2. The van der Waals surface area contributed by atoms with Crippen LogP contribution in [0.25, 0.3) is 0 Å². The van der Waals surface area contributed by atoms with Crippen molar-refractivity contribution in [2.45, 2.75) is 31.3 Å². The summed E-state index contributed by atoms with van der Waals surface area (Å²) in [5, 5.41) is 18.7. The second-order valence-corrected chi connectivity index (χ2v) is 4.78. The maximum Gasteiger partial charge on any atom is 0.319 e. The normalized spacial score (nSPS) is 18.9. The molecule has 98 valence electrons. The molecule has 1 aliphatic rings. The van der Waals surface area contributed by atoms with Gasteiger partial charge >= 0.3 is 12.0 Å². The number of aliphatic carboxylic acids is 1. The van der Waals surface area contributed by atoms with Gasteiger partial charge in [-0.2, -0.15) is 0 Å². The van der Waals surface area contributed by atoms with Crippen molar-refractivity contribution in [3.8, 4) is 0 Å². The van der Waals surface area contributed by atoms with E-state index in [-0.39, 0.29) is 18.9 Å². The number of carboxylic acid groups (broad SMARTS) is 1. The number of carbonyl (C=O) groups excluding carboxylic acids is 1. The van der Waals surface area contributed by atoms with E-state index in [4.69, 9.17) is 5.11 Å². The highest BCUT2D eigenvalue weighted by Crippen LogP contribution is 2.27. The van der Waals surface area contributed by atoms with Gasteiger partial charge in [0.25, 0.3) is 0 Å². The van der Waals surface area contributed by atoms with Crippen molar-refractivity contribution in [2.24, 2.45) is 0 Å². The number of hydrogen-bond donors (Lipinski definition) is 2. The van der Waals surface area contributed by atoms with E-state index in [9.17, 15) is 14.7 Å². The lowest BCUT2D eigenvalue weighted by Gasteiger charge is -2.38. The minimum Gasteiger partial charge on any atom is -0.481 e. The summed E-state index contributed by atoms with van der Waals surface area (Å²) in [6, 6.07) is -0.0646. The maximum atomic E-state index is 11.7. The molecule has 0 aromatic heterocycles. The number of amides is 2. The number of hydrogen-bond acceptors (Lipinski definition) is 3. The number of carboxylic acids is 1. The fourth-order valence-electron chi connectivity index (χ4n) is 1.99. The van der Waals surface area contributed by atoms with Gasteiger partial charge in [0.15, 0.2) is 0 Å². The monoisotopic (exact) mass is 244 g/mol. The first-order valence-electron chi connectivity index (χ1n) is 5.74. The SMILES string of the molecule is CN(C)C(=O)N1CCC(O)(CCC(=O)O)CC1. The summed E-state index contributed by atoms with van der Waals surface area (Å²) in [5.41, 5.74) is -0.929. The number of piperidine rings is 1. The van der Waals surface area contributed by atoms with E-state index in [1.165, 1.54) is 4.90 Å². The summed E-state index contributed by atoms with van der Waals surface area (Å²) in [6.07, 6.45) is 1.12. The molecule has 0 radical (unpaired) electrons. The Hall–Kier alpha value is -1.30. The Morgan fingerprint density at radius 1 is 1.29 bits per heavy atom. The number of aliphatic hydroxyl groups is 1. The fraction of sp³-hybridized carbons (Fsp3) is 0.818. The quantitative estimate of drug-likeness (QED) is 0.751. The van der Waals surface area contributed by atoms with Gasteiger partial charge in [0.2, 0.25) is 0 Å². The summed E-state index contributed by atoms with van der Waals surface area (Å²) in [5.74, 6) is -0.898. The molecular formula is C11H20N2O4. The highest BCUT2D eigenvalue weighted by molar-refractivity contribution is 5.73. The van der Waals surface area contributed by atoms with Gasteiger partial charge in [-0.1, -0.05) is 0 Å². The molecule has 0 aromatic carbocycles. The maximum absolute atomic E-state index is 11.7. The summed E-state index contributed by atoms with van der Waals surface area (Å²) < 4.78 is 0. The number of likely N-dealkylation sites (tertiary alicyclic amines) is 1. The van der Waals surface area contributed by atoms with Crippen molar-refractivity contribution in [2.75, 3.05) is 27.2 Å². The Morgan fingerprint density at radius 3 is 2.24 bits per heavy atom. The van der Waals surface area contributed by atoms with Crippen molar-refractivity contribution in [3.63, 3.8) is 0 Å². The molecule has 1 rings (SSSR count). The minimum absolute atomic E-state index is 0.0296. The lowest BCUT2D eigenvalue weighted by Crippen LogP contribution is -2.49. The smallest absolute Gasteiger partial charge is 0.319 e. The molecular weight excluding hydrogens is 224 g/mol. The Balaban J connectivity index is 2.44. The third kappa shape index (κ3) is 3.89. The molecule has 1 aliphatic heterocycles. The van der Waals surface area contributed by atoms with Crippen molar-refractivity contribution >= 4 is 12.0 Å². The van der Waals surface area contributed by atoms with Crippen LogP contribution < -0.4 is 0 Å². The van der Waals surface area contributed by atoms with Gasteiger partial charge in [-0.3, -0.25) is 4.79 Å². The Bertz CT molecular complexity index is 296. The van der Waals surface area contributed by atoms with Crippen molar-refractivity contribution in [1.82, 2.24) is 9.80 Å². The molecule has 0 bridgehead atoms. The molecule has 0 aromatic rings. The predicted octanol–water partition coefficient (Wildman–Crippen LogP) is 0.360. The van der Waals surface area contributed by atoms with Gasteiger partial charge in [-0.25, -0.2) is 4.79 Å². The lowest BCUT2D eigenvalue weighted by atomic mass is 9.87. The Kier molecular flexibility index (Phi) is 4.34. The third-order valence-corrected chi connectivity index (χ3v) is 3.15. The van der Waals surface area contributed by atoms with Crippen LogP contribution in [0.1, 0.15) is 25.7 Å². The van der Waals surface area contributed by atoms with Crippen molar-refractivity contribution in [1.29, 1.82) is 0 Å². The molecule has 0 unspecified atom stereocenters. The second-order valence-electron chi connectivity index (χ2n) is 4.78. The molecule has 1 saturated heterocycles. The average molecular weight is 244 g/mol. The Labute approximate surface area is 101 Å². The number of rotatable bonds is 3. The number of urea groups is 1. The van der Waals surface area contributed by atoms with Crippen molar-refractivity contribution in [3.05, 3.63) is 0 Å². The largest absolute Gasteiger partial charge is 0.481 e. The van der Waals surface area contributed by atoms with Crippen LogP contribution in [0.5, 0.6) is 0 Å². The second kappa shape index (κ2) is 5.35. The van der Waals surface area contributed by atoms with Crippen LogP contribution in [0.3, 0.4) is 0 Å². The third-order valence-electron chi connectivity index (χ3n) is 3.15. The van der Waals surface area contributed by atoms with E-state index >= 15 is 0 Å². The first-order chi connectivity index (χ1) is 7.84. The summed E-state index contributed by atoms with van der Waals surface area (Å²) in [4.78, 5) is 25.3. The summed E-state index contributed by atoms with van der Waals surface area (Å²) in [7, 11) is 3.38. The molecule has 2 amide bonds. The predicted molar refractivity (Wildman–Crippen MR) is 61.7 cm³/mol. The van der Waals surface area contributed by atoms with E-state index in [1.54, 1.807) is 19.0 Å². The van der Waals surface area contributed by atoms with Gasteiger partial charge in [-0.05, 0) is 19.3 Å². The molecule has 0 atom stereocenters. The molecule has 0 spiro atoms. The van der Waals surface area contributed by atoms with E-state index < -0.39 is 11.6 Å². The molecule has 0 aliphatic carbocycles. The molecule has 1 heterocycles. The van der Waals surface area contributed by atoms with E-state index in [1.807, 2.05) is 0 Å². The fourth-order valence-corrected chi connectivity index (χ4v) is 1.99. The van der Waals surface area contributed by atoms with Crippen LogP contribution in [0.2, 0.25) is 0 Å². The summed E-state index contributed by atoms with van der Waals surface area (Å²) in [6.45, 7) is 0.959. The van der Waals surface area contributed by atoms with E-state index in [0.29, 0.717) is 25.9 Å². The standard InChI is InChI=1S/C11H20N2O4/c1-12(2)10(16)13-7-5-11(17,6-8-13)4-3-9(14)15/h17H,3-8H2,1-2H3,(H,14,15). The van der Waals surface area contributed by atoms with Gasteiger partial charge < -0.3 is 20.0 Å². The zero-order chi connectivity index (χ0) is 13.1. The van der Waals surface area contributed by atoms with Gasteiger partial charge in [0, 0.05) is 33.6 Å². The first kappa shape index (κ1) is 13.8. The first-order valence-corrected chi connectivity index (χ1v) is 5.74. The van der Waals surface area contributed by atoms with Crippen LogP contribution in [-0.2, 0) is 4.79 Å². The molecule has 0 saturated carbocycles. The highest BCUT2D eigenvalue weighted by atomic mass is 16.4. The minimum atomic E-state index is -0.929. The molecule has 17 heavy (non-hydrogen) atoms. The highest BCUT2D eigenvalue weighted by Gasteiger charge is 2.34. The van der Waals surface area contributed by atoms with Crippen LogP contribution in [0, 0.1) is 0 Å². The summed E-state index contributed by atoms with van der Waals surface area (Å²) >= 11 is 0. The average Bonchev–Trinajstić information content (AvgIpc) is 2.27. The lowest BCUT2D eigenvalue weighted by molar-refractivity contribution is -0.139. The zero-order valence-electron chi connectivity index (χ0n) is 10.3. The van der Waals surface area contributed by atoms with Crippen molar-refractivity contribution < 1.29 is 19.8 Å². The Morgan fingerprint density at radius 2 is 1.82 bits per heavy atom. The van der Waals surface area contributed by atoms with Crippen LogP contribution in [0.4, 0.5) is 4.79 Å². The van der Waals surface area contributed by atoms with Crippen LogP contribution >= 0.6 is 0 Å². The molecule has 6 heteroatoms. The van der Waals surface area contributed by atoms with Gasteiger partial charge in [0.05, 0.1) is 5.60 Å². The van der Waals surface area contributed by atoms with E-state index in [2.05, 4.69) is 0 Å². The van der Waals surface area contributed by atoms with Gasteiger partial charge in [-0.15, -0.1) is 0 Å².